The average molecular weight is 259 g/mol. The Morgan fingerprint density at radius 2 is 2.00 bits per heavy atom. The number of amides is 1. The Hall–Kier alpha value is -2.10. The van der Waals surface area contributed by atoms with Crippen molar-refractivity contribution in [1.82, 2.24) is 4.90 Å². The van der Waals surface area contributed by atoms with Gasteiger partial charge in [0.2, 0.25) is 0 Å². The molecular formula is C15H17NO3. The first kappa shape index (κ1) is 13.3. The number of rotatable bonds is 4. The summed E-state index contributed by atoms with van der Waals surface area (Å²) < 4.78 is 4.96. The molecule has 19 heavy (non-hydrogen) atoms. The molecule has 1 aromatic carbocycles. The first-order valence-corrected chi connectivity index (χ1v) is 6.26. The van der Waals surface area contributed by atoms with Gasteiger partial charge in [0, 0.05) is 12.1 Å². The highest BCUT2D eigenvalue weighted by Crippen LogP contribution is 2.27. The lowest BCUT2D eigenvalue weighted by molar-refractivity contribution is -0.159. The van der Waals surface area contributed by atoms with Crippen LogP contribution in [0.4, 0.5) is 0 Å². The maximum Gasteiger partial charge on any atom is 0.333 e. The number of nitrogens with zero attached hydrogens (tertiary/aromatic N) is 1. The minimum Gasteiger partial charge on any atom is -0.464 e. The molecule has 0 bridgehead atoms. The van der Waals surface area contributed by atoms with Crippen molar-refractivity contribution in [3.05, 3.63) is 47.5 Å². The van der Waals surface area contributed by atoms with E-state index in [1.165, 1.54) is 4.90 Å². The Bertz CT molecular complexity index is 519. The van der Waals surface area contributed by atoms with Gasteiger partial charge < -0.3 is 9.64 Å². The van der Waals surface area contributed by atoms with Crippen LogP contribution in [0.1, 0.15) is 18.1 Å². The minimum absolute atomic E-state index is 0.182. The molecule has 0 aromatic heterocycles. The van der Waals surface area contributed by atoms with E-state index in [1.807, 2.05) is 31.2 Å². The quantitative estimate of drug-likeness (QED) is 0.471. The lowest BCUT2D eigenvalue weighted by atomic mass is 9.95. The normalized spacial score (nSPS) is 18.2. The van der Waals surface area contributed by atoms with Crippen molar-refractivity contribution in [3.8, 4) is 0 Å². The van der Waals surface area contributed by atoms with Gasteiger partial charge >= 0.3 is 5.97 Å². The maximum atomic E-state index is 11.8. The zero-order valence-electron chi connectivity index (χ0n) is 11.2. The molecule has 100 valence electrons. The van der Waals surface area contributed by atoms with Crippen molar-refractivity contribution in [2.24, 2.45) is 0 Å². The first-order chi connectivity index (χ1) is 9.04. The third-order valence-corrected chi connectivity index (χ3v) is 3.16. The third kappa shape index (κ3) is 2.52. The van der Waals surface area contributed by atoms with Crippen molar-refractivity contribution in [2.45, 2.75) is 26.4 Å². The van der Waals surface area contributed by atoms with E-state index in [2.05, 4.69) is 6.58 Å². The number of benzene rings is 1. The molecule has 1 fully saturated rings. The van der Waals surface area contributed by atoms with Crippen LogP contribution in [0.25, 0.3) is 0 Å². The molecule has 1 unspecified atom stereocenters. The molecule has 1 atom stereocenters. The molecule has 0 saturated carbocycles. The van der Waals surface area contributed by atoms with Gasteiger partial charge in [-0.1, -0.05) is 36.4 Å². The number of aryl methyl sites for hydroxylation is 1. The fourth-order valence-corrected chi connectivity index (χ4v) is 2.08. The number of hydrogen-bond acceptors (Lipinski definition) is 3. The van der Waals surface area contributed by atoms with E-state index >= 15 is 0 Å². The topological polar surface area (TPSA) is 46.6 Å². The van der Waals surface area contributed by atoms with Crippen LogP contribution in [-0.4, -0.2) is 29.4 Å². The molecule has 1 heterocycles. The predicted octanol–water partition coefficient (Wildman–Crippen LogP) is 1.83. The van der Waals surface area contributed by atoms with E-state index < -0.39 is 12.0 Å². The SMILES string of the molecule is C=C1C(=O)N(Cc2ccc(C)cc2)C1C(=O)OCC. The molecule has 1 aliphatic heterocycles. The number of carbonyl (C=O) groups is 2. The number of hydrogen-bond donors (Lipinski definition) is 0. The zero-order chi connectivity index (χ0) is 14.0. The van der Waals surface area contributed by atoms with Crippen LogP contribution in [0, 0.1) is 6.92 Å². The van der Waals surface area contributed by atoms with Gasteiger partial charge in [0.15, 0.2) is 6.04 Å². The minimum atomic E-state index is -0.631. The highest BCUT2D eigenvalue weighted by atomic mass is 16.5. The molecule has 1 aromatic rings. The Labute approximate surface area is 112 Å². The van der Waals surface area contributed by atoms with Crippen molar-refractivity contribution >= 4 is 11.9 Å². The van der Waals surface area contributed by atoms with Crippen LogP contribution in [0.15, 0.2) is 36.4 Å². The molecule has 1 saturated heterocycles. The van der Waals surface area contributed by atoms with Crippen molar-refractivity contribution < 1.29 is 14.3 Å². The zero-order valence-corrected chi connectivity index (χ0v) is 11.2. The van der Waals surface area contributed by atoms with E-state index in [0.717, 1.165) is 11.1 Å². The van der Waals surface area contributed by atoms with Crippen molar-refractivity contribution in [1.29, 1.82) is 0 Å². The van der Waals surface area contributed by atoms with E-state index in [-0.39, 0.29) is 5.91 Å². The predicted molar refractivity (Wildman–Crippen MR) is 71.3 cm³/mol. The number of β-lactam (4-membered cyclic amide) rings is 1. The van der Waals surface area contributed by atoms with Gasteiger partial charge in [-0.15, -0.1) is 0 Å². The van der Waals surface area contributed by atoms with Crippen molar-refractivity contribution in [2.75, 3.05) is 6.61 Å². The van der Waals surface area contributed by atoms with E-state index in [4.69, 9.17) is 4.74 Å². The molecule has 0 aliphatic carbocycles. The van der Waals surface area contributed by atoms with E-state index in [0.29, 0.717) is 18.7 Å². The molecule has 2 rings (SSSR count). The second-order valence-corrected chi connectivity index (χ2v) is 4.60. The van der Waals surface area contributed by atoms with Gasteiger partial charge in [0.25, 0.3) is 5.91 Å². The third-order valence-electron chi connectivity index (χ3n) is 3.16. The molecular weight excluding hydrogens is 242 g/mol. The van der Waals surface area contributed by atoms with Crippen LogP contribution in [0.3, 0.4) is 0 Å². The number of carbonyl (C=O) groups excluding carboxylic acids is 2. The fourth-order valence-electron chi connectivity index (χ4n) is 2.08. The van der Waals surface area contributed by atoms with Crippen LogP contribution >= 0.6 is 0 Å². The summed E-state index contributed by atoms with van der Waals surface area (Å²) in [5, 5.41) is 0. The van der Waals surface area contributed by atoms with Crippen LogP contribution in [0.2, 0.25) is 0 Å². The Morgan fingerprint density at radius 1 is 1.37 bits per heavy atom. The Balaban J connectivity index is 2.10. The number of likely N-dealkylation sites (tertiary alicyclic amines) is 1. The standard InChI is InChI=1S/C15H17NO3/c1-4-19-15(18)13-11(3)14(17)16(13)9-12-7-5-10(2)6-8-12/h5-8,13H,3-4,9H2,1-2H3. The van der Waals surface area contributed by atoms with Gasteiger partial charge in [-0.25, -0.2) is 4.79 Å². The van der Waals surface area contributed by atoms with E-state index in [9.17, 15) is 9.59 Å². The first-order valence-electron chi connectivity index (χ1n) is 6.26. The lowest BCUT2D eigenvalue weighted by Crippen LogP contribution is -2.58. The Morgan fingerprint density at radius 3 is 2.58 bits per heavy atom. The highest BCUT2D eigenvalue weighted by molar-refractivity contribution is 6.09. The summed E-state index contributed by atoms with van der Waals surface area (Å²) in [5.74, 6) is -0.585. The van der Waals surface area contributed by atoms with Crippen LogP contribution < -0.4 is 0 Å². The molecule has 1 amide bonds. The summed E-state index contributed by atoms with van der Waals surface area (Å²) in [6, 6.07) is 7.23. The second kappa shape index (κ2) is 5.26. The van der Waals surface area contributed by atoms with Gasteiger partial charge in [-0.05, 0) is 19.4 Å². The van der Waals surface area contributed by atoms with Gasteiger partial charge in [-0.3, -0.25) is 4.79 Å². The van der Waals surface area contributed by atoms with Crippen LogP contribution in [0.5, 0.6) is 0 Å². The molecule has 4 nitrogen and oxygen atoms in total. The summed E-state index contributed by atoms with van der Waals surface area (Å²) in [4.78, 5) is 25.0. The fraction of sp³-hybridized carbons (Fsp3) is 0.333. The number of esters is 1. The second-order valence-electron chi connectivity index (χ2n) is 4.60. The summed E-state index contributed by atoms with van der Waals surface area (Å²) >= 11 is 0. The monoisotopic (exact) mass is 259 g/mol. The van der Waals surface area contributed by atoms with Gasteiger partial charge in [0.1, 0.15) is 0 Å². The molecule has 0 N–H and O–H groups in total. The summed E-state index contributed by atoms with van der Waals surface area (Å²) in [7, 11) is 0. The van der Waals surface area contributed by atoms with Gasteiger partial charge in [-0.2, -0.15) is 0 Å². The maximum absolute atomic E-state index is 11.8. The summed E-state index contributed by atoms with van der Waals surface area (Å²) in [5.41, 5.74) is 2.45. The Kier molecular flexibility index (Phi) is 3.69. The van der Waals surface area contributed by atoms with E-state index in [1.54, 1.807) is 6.92 Å². The highest BCUT2D eigenvalue weighted by Gasteiger charge is 2.46. The number of ether oxygens (including phenoxy) is 1. The molecule has 4 heteroatoms. The summed E-state index contributed by atoms with van der Waals surface area (Å²) in [6.45, 7) is 8.09. The molecule has 0 radical (unpaired) electrons. The van der Waals surface area contributed by atoms with Crippen LogP contribution in [-0.2, 0) is 20.9 Å². The molecule has 0 spiro atoms. The average Bonchev–Trinajstić information content (AvgIpc) is 2.40. The van der Waals surface area contributed by atoms with Gasteiger partial charge in [0.05, 0.1) is 6.61 Å². The summed E-state index contributed by atoms with van der Waals surface area (Å²) in [6.07, 6.45) is 0. The lowest BCUT2D eigenvalue weighted by Gasteiger charge is -2.40. The smallest absolute Gasteiger partial charge is 0.333 e. The molecule has 1 aliphatic rings. The largest absolute Gasteiger partial charge is 0.464 e. The van der Waals surface area contributed by atoms with Crippen molar-refractivity contribution in [3.63, 3.8) is 0 Å².